The number of hydrogen-bond acceptors (Lipinski definition) is 5. The van der Waals surface area contributed by atoms with E-state index in [4.69, 9.17) is 0 Å². The lowest BCUT2D eigenvalue weighted by atomic mass is 10.2. The van der Waals surface area contributed by atoms with Crippen molar-refractivity contribution in [2.75, 3.05) is 7.05 Å². The van der Waals surface area contributed by atoms with Crippen LogP contribution >= 0.6 is 11.3 Å². The zero-order valence-corrected chi connectivity index (χ0v) is 13.3. The Morgan fingerprint density at radius 3 is 2.71 bits per heavy atom. The average molecular weight is 329 g/mol. The first-order valence-electron chi connectivity index (χ1n) is 6.26. The fourth-order valence-corrected chi connectivity index (χ4v) is 3.89. The molecule has 0 aliphatic heterocycles. The summed E-state index contributed by atoms with van der Waals surface area (Å²) in [6, 6.07) is 3.74. The number of benzene rings is 1. The first kappa shape index (κ1) is 16.0. The van der Waals surface area contributed by atoms with Crippen LogP contribution in [-0.4, -0.2) is 20.4 Å². The first-order chi connectivity index (χ1) is 9.92. The van der Waals surface area contributed by atoms with Gasteiger partial charge in [0.2, 0.25) is 10.0 Å². The molecule has 0 fully saturated rings. The molecule has 0 saturated heterocycles. The molecule has 0 amide bonds. The lowest BCUT2D eigenvalue weighted by Gasteiger charge is -2.11. The summed E-state index contributed by atoms with van der Waals surface area (Å²) in [7, 11) is -2.09. The Balaban J connectivity index is 2.24. The van der Waals surface area contributed by atoms with Gasteiger partial charge in [0.1, 0.15) is 10.8 Å². The molecule has 0 aliphatic carbocycles. The van der Waals surface area contributed by atoms with Gasteiger partial charge in [0.25, 0.3) is 0 Å². The summed E-state index contributed by atoms with van der Waals surface area (Å²) in [5.41, 5.74) is 0.515. The van der Waals surface area contributed by atoms with Crippen molar-refractivity contribution >= 4 is 21.4 Å². The summed E-state index contributed by atoms with van der Waals surface area (Å²) in [5, 5.41) is 3.54. The third-order valence-corrected chi connectivity index (χ3v) is 5.16. The standard InChI is InChI=1S/C13H16FN3O2S2/c1-9-6-16-13(20-9)8-17-21(18,19)12-5-11(14)4-3-10(12)7-15-2/h3-6,15,17H,7-8H2,1-2H3. The molecule has 2 aromatic rings. The zero-order chi connectivity index (χ0) is 15.5. The second-order valence-corrected chi connectivity index (χ2v) is 7.53. The van der Waals surface area contributed by atoms with E-state index in [2.05, 4.69) is 15.0 Å². The van der Waals surface area contributed by atoms with E-state index in [0.717, 1.165) is 10.9 Å². The highest BCUT2D eigenvalue weighted by molar-refractivity contribution is 7.89. The van der Waals surface area contributed by atoms with E-state index in [1.807, 2.05) is 6.92 Å². The second-order valence-electron chi connectivity index (χ2n) is 4.47. The minimum Gasteiger partial charge on any atom is -0.316 e. The van der Waals surface area contributed by atoms with Crippen LogP contribution in [0.25, 0.3) is 0 Å². The summed E-state index contributed by atoms with van der Waals surface area (Å²) >= 11 is 1.42. The molecule has 8 heteroatoms. The summed E-state index contributed by atoms with van der Waals surface area (Å²) in [5.74, 6) is -0.583. The monoisotopic (exact) mass is 329 g/mol. The van der Waals surface area contributed by atoms with E-state index in [0.29, 0.717) is 17.1 Å². The maximum absolute atomic E-state index is 13.4. The Morgan fingerprint density at radius 2 is 2.10 bits per heavy atom. The van der Waals surface area contributed by atoms with Gasteiger partial charge in [0.05, 0.1) is 11.4 Å². The van der Waals surface area contributed by atoms with Gasteiger partial charge >= 0.3 is 0 Å². The van der Waals surface area contributed by atoms with E-state index >= 15 is 0 Å². The molecule has 2 N–H and O–H groups in total. The first-order valence-corrected chi connectivity index (χ1v) is 8.56. The molecule has 5 nitrogen and oxygen atoms in total. The third kappa shape index (κ3) is 4.07. The maximum Gasteiger partial charge on any atom is 0.241 e. The Morgan fingerprint density at radius 1 is 1.33 bits per heavy atom. The van der Waals surface area contributed by atoms with Gasteiger partial charge in [-0.15, -0.1) is 11.3 Å². The van der Waals surface area contributed by atoms with Crippen LogP contribution in [0.3, 0.4) is 0 Å². The highest BCUT2D eigenvalue weighted by Gasteiger charge is 2.19. The van der Waals surface area contributed by atoms with Gasteiger partial charge < -0.3 is 5.32 Å². The van der Waals surface area contributed by atoms with Gasteiger partial charge in [-0.1, -0.05) is 6.07 Å². The van der Waals surface area contributed by atoms with Gasteiger partial charge in [-0.3, -0.25) is 0 Å². The predicted molar refractivity (Wildman–Crippen MR) is 80.0 cm³/mol. The van der Waals surface area contributed by atoms with E-state index < -0.39 is 15.8 Å². The highest BCUT2D eigenvalue weighted by Crippen LogP contribution is 2.18. The van der Waals surface area contributed by atoms with Gasteiger partial charge in [-0.05, 0) is 31.7 Å². The summed E-state index contributed by atoms with van der Waals surface area (Å²) < 4.78 is 40.5. The number of rotatable bonds is 6. The van der Waals surface area contributed by atoms with E-state index in [1.54, 1.807) is 13.2 Å². The SMILES string of the molecule is CNCc1ccc(F)cc1S(=O)(=O)NCc1ncc(C)s1. The Labute approximate surface area is 127 Å². The van der Waals surface area contributed by atoms with Crippen LogP contribution in [0.2, 0.25) is 0 Å². The Kier molecular flexibility index (Phi) is 5.04. The maximum atomic E-state index is 13.4. The fraction of sp³-hybridized carbons (Fsp3) is 0.308. The molecule has 1 aromatic heterocycles. The van der Waals surface area contributed by atoms with Crippen molar-refractivity contribution in [2.24, 2.45) is 0 Å². The van der Waals surface area contributed by atoms with E-state index in [-0.39, 0.29) is 11.4 Å². The molecule has 21 heavy (non-hydrogen) atoms. The van der Waals surface area contributed by atoms with Crippen molar-refractivity contribution in [1.82, 2.24) is 15.0 Å². The minimum absolute atomic E-state index is 0.0508. The number of aryl methyl sites for hydroxylation is 1. The van der Waals surface area contributed by atoms with Crippen LogP contribution in [0.1, 0.15) is 15.4 Å². The van der Waals surface area contributed by atoms with Crippen LogP contribution < -0.4 is 10.0 Å². The molecular weight excluding hydrogens is 313 g/mol. The summed E-state index contributed by atoms with van der Waals surface area (Å²) in [6.45, 7) is 2.33. The predicted octanol–water partition coefficient (Wildman–Crippen LogP) is 1.79. The molecule has 2 rings (SSSR count). The number of nitrogens with zero attached hydrogens (tertiary/aromatic N) is 1. The van der Waals surface area contributed by atoms with Crippen LogP contribution in [-0.2, 0) is 23.1 Å². The Hall–Kier alpha value is -1.35. The molecule has 1 aromatic carbocycles. The zero-order valence-electron chi connectivity index (χ0n) is 11.7. The molecule has 1 heterocycles. The topological polar surface area (TPSA) is 71.1 Å². The largest absolute Gasteiger partial charge is 0.316 e. The van der Waals surface area contributed by atoms with Gasteiger partial charge in [-0.2, -0.15) is 0 Å². The third-order valence-electron chi connectivity index (χ3n) is 2.77. The van der Waals surface area contributed by atoms with E-state index in [9.17, 15) is 12.8 Å². The fourth-order valence-electron chi connectivity index (χ4n) is 1.83. The molecule has 0 aliphatic rings. The summed E-state index contributed by atoms with van der Waals surface area (Å²) in [6.07, 6.45) is 1.68. The van der Waals surface area contributed by atoms with Crippen LogP contribution in [0.5, 0.6) is 0 Å². The summed E-state index contributed by atoms with van der Waals surface area (Å²) in [4.78, 5) is 5.05. The van der Waals surface area contributed by atoms with Crippen molar-refractivity contribution in [2.45, 2.75) is 24.9 Å². The number of nitrogens with one attached hydrogen (secondary N) is 2. The van der Waals surface area contributed by atoms with Crippen molar-refractivity contribution in [3.63, 3.8) is 0 Å². The number of aromatic nitrogens is 1. The highest BCUT2D eigenvalue weighted by atomic mass is 32.2. The Bertz CT molecular complexity index is 729. The van der Waals surface area contributed by atoms with Crippen molar-refractivity contribution in [3.05, 3.63) is 45.7 Å². The number of hydrogen-bond donors (Lipinski definition) is 2. The number of thiazole rings is 1. The number of halogens is 1. The molecule has 0 atom stereocenters. The molecule has 0 saturated carbocycles. The molecule has 0 bridgehead atoms. The van der Waals surface area contributed by atoms with Gasteiger partial charge in [-0.25, -0.2) is 22.5 Å². The molecule has 114 valence electrons. The van der Waals surface area contributed by atoms with E-state index in [1.165, 1.54) is 23.5 Å². The minimum atomic E-state index is -3.79. The van der Waals surface area contributed by atoms with Crippen LogP contribution in [0.15, 0.2) is 29.3 Å². The van der Waals surface area contributed by atoms with Crippen molar-refractivity contribution in [3.8, 4) is 0 Å². The van der Waals surface area contributed by atoms with Crippen LogP contribution in [0, 0.1) is 12.7 Å². The normalized spacial score (nSPS) is 11.8. The molecular formula is C13H16FN3O2S2. The van der Waals surface area contributed by atoms with Crippen LogP contribution in [0.4, 0.5) is 4.39 Å². The second kappa shape index (κ2) is 6.61. The lowest BCUT2D eigenvalue weighted by Crippen LogP contribution is -2.25. The average Bonchev–Trinajstić information content (AvgIpc) is 2.85. The van der Waals surface area contributed by atoms with Gasteiger partial charge in [0.15, 0.2) is 0 Å². The molecule has 0 unspecified atom stereocenters. The smallest absolute Gasteiger partial charge is 0.241 e. The lowest BCUT2D eigenvalue weighted by molar-refractivity contribution is 0.574. The van der Waals surface area contributed by atoms with Crippen molar-refractivity contribution < 1.29 is 12.8 Å². The molecule has 0 spiro atoms. The quantitative estimate of drug-likeness (QED) is 0.847. The van der Waals surface area contributed by atoms with Gasteiger partial charge in [0, 0.05) is 17.6 Å². The number of sulfonamides is 1. The van der Waals surface area contributed by atoms with Crippen molar-refractivity contribution in [1.29, 1.82) is 0 Å². The molecule has 0 radical (unpaired) electrons.